The summed E-state index contributed by atoms with van der Waals surface area (Å²) in [6.07, 6.45) is -1.65. The number of nitrogens with one attached hydrogen (secondary N) is 3. The highest BCUT2D eigenvalue weighted by Gasteiger charge is 2.13. The Morgan fingerprint density at radius 3 is 2.19 bits per heavy atom. The van der Waals surface area contributed by atoms with Crippen LogP contribution >= 0.6 is 11.8 Å². The average molecular weight is 396 g/mol. The molecule has 0 aliphatic heterocycles. The summed E-state index contributed by atoms with van der Waals surface area (Å²) in [5.41, 5.74) is 0.772. The zero-order chi connectivity index (χ0) is 20.4. The van der Waals surface area contributed by atoms with E-state index in [-0.39, 0.29) is 11.9 Å². The lowest BCUT2D eigenvalue weighted by molar-refractivity contribution is -0.114. The quantitative estimate of drug-likeness (QED) is 0.400. The second kappa shape index (κ2) is 11.1. The summed E-state index contributed by atoms with van der Waals surface area (Å²) in [5, 5.41) is 7.24. The van der Waals surface area contributed by atoms with E-state index in [0.29, 0.717) is 17.3 Å². The largest absolute Gasteiger partial charge is 0.453 e. The van der Waals surface area contributed by atoms with Gasteiger partial charge in [0.15, 0.2) is 0 Å². The van der Waals surface area contributed by atoms with E-state index in [1.54, 1.807) is 23.9 Å². The molecule has 0 saturated heterocycles. The summed E-state index contributed by atoms with van der Waals surface area (Å²) in [4.78, 5) is 39.6. The lowest BCUT2D eigenvalue weighted by Gasteiger charge is -2.12. The van der Waals surface area contributed by atoms with Gasteiger partial charge in [0.2, 0.25) is 11.9 Å². The monoisotopic (exact) mass is 396 g/mol. The van der Waals surface area contributed by atoms with Crippen molar-refractivity contribution in [3.8, 4) is 0 Å². The lowest BCUT2D eigenvalue weighted by Crippen LogP contribution is -2.43. The molecular formula is C17H24N4O5S. The maximum atomic E-state index is 11.5. The van der Waals surface area contributed by atoms with Gasteiger partial charge < -0.3 is 14.8 Å². The van der Waals surface area contributed by atoms with Gasteiger partial charge in [-0.3, -0.25) is 15.4 Å². The van der Waals surface area contributed by atoms with Gasteiger partial charge in [0.1, 0.15) is 0 Å². The molecule has 3 N–H and O–H groups in total. The summed E-state index contributed by atoms with van der Waals surface area (Å²) in [6, 6.07) is 5.29. The molecule has 1 aromatic rings. The number of hydrogen-bond acceptors (Lipinski definition) is 7. The molecule has 10 heteroatoms. The third-order valence-corrected chi connectivity index (χ3v) is 4.33. The highest BCUT2D eigenvalue weighted by molar-refractivity contribution is 7.99. The smallest absolute Gasteiger partial charge is 0.413 e. The van der Waals surface area contributed by atoms with Crippen molar-refractivity contribution in [1.82, 2.24) is 10.6 Å². The first-order chi connectivity index (χ1) is 12.7. The summed E-state index contributed by atoms with van der Waals surface area (Å²) < 4.78 is 9.01. The van der Waals surface area contributed by atoms with E-state index in [0.717, 1.165) is 10.6 Å². The van der Waals surface area contributed by atoms with E-state index in [1.165, 1.54) is 21.1 Å². The molecule has 0 aliphatic carbocycles. The maximum Gasteiger partial charge on any atom is 0.413 e. The van der Waals surface area contributed by atoms with Gasteiger partial charge in [-0.25, -0.2) is 14.6 Å². The number of carbonyl (C=O) groups excluding carboxylic acids is 3. The zero-order valence-electron chi connectivity index (χ0n) is 15.9. The Labute approximate surface area is 162 Å². The summed E-state index contributed by atoms with van der Waals surface area (Å²) >= 11 is 1.65. The van der Waals surface area contributed by atoms with Gasteiger partial charge in [0, 0.05) is 17.6 Å². The van der Waals surface area contributed by atoms with Gasteiger partial charge in [-0.05, 0) is 24.1 Å². The van der Waals surface area contributed by atoms with Crippen LogP contribution in [0.5, 0.6) is 0 Å². The number of carbonyl (C=O) groups is 3. The number of methoxy groups -OCH3 is 2. The predicted octanol–water partition coefficient (Wildman–Crippen LogP) is 3.09. The lowest BCUT2D eigenvalue weighted by atomic mass is 10.2. The zero-order valence-corrected chi connectivity index (χ0v) is 16.7. The topological polar surface area (TPSA) is 118 Å². The fourth-order valence-corrected chi connectivity index (χ4v) is 2.65. The van der Waals surface area contributed by atoms with E-state index in [9.17, 15) is 14.4 Å². The predicted molar refractivity (Wildman–Crippen MR) is 104 cm³/mol. The molecule has 0 spiro atoms. The Bertz CT molecular complexity index is 701. The number of anilines is 1. The average Bonchev–Trinajstić information content (AvgIpc) is 2.60. The van der Waals surface area contributed by atoms with Crippen molar-refractivity contribution < 1.29 is 23.9 Å². The van der Waals surface area contributed by atoms with E-state index < -0.39 is 12.2 Å². The Kier molecular flexibility index (Phi) is 9.14. The highest BCUT2D eigenvalue weighted by atomic mass is 32.2. The number of alkyl carbamates (subject to hydrolysis) is 2. The minimum atomic E-state index is -0.824. The molecule has 0 atom stereocenters. The van der Waals surface area contributed by atoms with E-state index in [2.05, 4.69) is 44.3 Å². The molecular weight excluding hydrogens is 372 g/mol. The number of rotatable bonds is 5. The maximum absolute atomic E-state index is 11.5. The molecule has 0 heterocycles. The molecule has 0 aliphatic rings. The number of benzene rings is 1. The van der Waals surface area contributed by atoms with Crippen molar-refractivity contribution >= 4 is 47.2 Å². The van der Waals surface area contributed by atoms with Gasteiger partial charge in [0.25, 0.3) is 0 Å². The Hall–Kier alpha value is -2.75. The van der Waals surface area contributed by atoms with Crippen LogP contribution in [0.25, 0.3) is 0 Å². The standard InChI is InChI=1S/C17H24N4O5S/c1-10(2)9-27-12-6-7-13(14(8-12)18-11(3)22)19-15(20-16(23)25-4)21-17(24)26-5/h6-8,10H,9H2,1-5H3,(H,18,22)(H2,19,20,21,23,24). The molecule has 27 heavy (non-hydrogen) atoms. The van der Waals surface area contributed by atoms with Crippen LogP contribution in [0.2, 0.25) is 0 Å². The minimum Gasteiger partial charge on any atom is -0.453 e. The van der Waals surface area contributed by atoms with Crippen molar-refractivity contribution in [3.63, 3.8) is 0 Å². The molecule has 0 saturated carbocycles. The third-order valence-electron chi connectivity index (χ3n) is 2.91. The van der Waals surface area contributed by atoms with Crippen LogP contribution in [0.15, 0.2) is 28.1 Å². The molecule has 3 amide bonds. The van der Waals surface area contributed by atoms with Crippen molar-refractivity contribution in [2.75, 3.05) is 25.3 Å². The molecule has 1 rings (SSSR count). The van der Waals surface area contributed by atoms with Crippen molar-refractivity contribution in [2.45, 2.75) is 25.7 Å². The van der Waals surface area contributed by atoms with E-state index in [1.807, 2.05) is 6.07 Å². The molecule has 0 radical (unpaired) electrons. The summed E-state index contributed by atoms with van der Waals surface area (Å²) in [5.74, 6) is 0.946. The van der Waals surface area contributed by atoms with Gasteiger partial charge in [-0.1, -0.05) is 13.8 Å². The van der Waals surface area contributed by atoms with Crippen LogP contribution in [0.1, 0.15) is 20.8 Å². The van der Waals surface area contributed by atoms with E-state index in [4.69, 9.17) is 0 Å². The van der Waals surface area contributed by atoms with Crippen LogP contribution < -0.4 is 16.0 Å². The van der Waals surface area contributed by atoms with Crippen LogP contribution in [0, 0.1) is 5.92 Å². The Morgan fingerprint density at radius 2 is 1.70 bits per heavy atom. The first-order valence-electron chi connectivity index (χ1n) is 8.08. The molecule has 0 fully saturated rings. The Balaban J connectivity index is 3.22. The minimum absolute atomic E-state index is 0.206. The first-order valence-corrected chi connectivity index (χ1v) is 9.06. The van der Waals surface area contributed by atoms with Crippen molar-refractivity contribution in [2.24, 2.45) is 10.9 Å². The fourth-order valence-electron chi connectivity index (χ4n) is 1.76. The number of nitrogens with zero attached hydrogens (tertiary/aromatic N) is 1. The molecule has 0 bridgehead atoms. The normalized spacial score (nSPS) is 10.0. The van der Waals surface area contributed by atoms with E-state index >= 15 is 0 Å². The number of guanidine groups is 1. The van der Waals surface area contributed by atoms with Crippen LogP contribution in [-0.2, 0) is 14.3 Å². The summed E-state index contributed by atoms with van der Waals surface area (Å²) in [6.45, 7) is 5.61. The molecule has 0 unspecified atom stereocenters. The fraction of sp³-hybridized carbons (Fsp3) is 0.412. The highest BCUT2D eigenvalue weighted by Crippen LogP contribution is 2.31. The van der Waals surface area contributed by atoms with Crippen molar-refractivity contribution in [1.29, 1.82) is 0 Å². The number of hydrogen-bond donors (Lipinski definition) is 3. The van der Waals surface area contributed by atoms with Crippen LogP contribution in [0.3, 0.4) is 0 Å². The number of aliphatic imine (C=N–C) groups is 1. The number of thioether (sulfide) groups is 1. The van der Waals surface area contributed by atoms with Gasteiger partial charge in [-0.15, -0.1) is 11.8 Å². The van der Waals surface area contributed by atoms with Crippen LogP contribution in [0.4, 0.5) is 21.0 Å². The number of ether oxygens (including phenoxy) is 2. The molecule has 9 nitrogen and oxygen atoms in total. The van der Waals surface area contributed by atoms with Gasteiger partial charge in [-0.2, -0.15) is 0 Å². The number of amides is 3. The molecule has 0 aromatic heterocycles. The third kappa shape index (κ3) is 8.45. The second-order valence-corrected chi connectivity index (χ2v) is 6.85. The first kappa shape index (κ1) is 22.3. The van der Waals surface area contributed by atoms with Gasteiger partial charge in [0.05, 0.1) is 25.6 Å². The van der Waals surface area contributed by atoms with Crippen molar-refractivity contribution in [3.05, 3.63) is 18.2 Å². The van der Waals surface area contributed by atoms with Crippen LogP contribution in [-0.4, -0.2) is 44.0 Å². The molecule has 1 aromatic carbocycles. The summed E-state index contributed by atoms with van der Waals surface area (Å²) in [7, 11) is 2.35. The van der Waals surface area contributed by atoms with Gasteiger partial charge >= 0.3 is 12.2 Å². The SMILES string of the molecule is COC(=O)NC(=Nc1ccc(SCC(C)C)cc1NC(C)=O)NC(=O)OC. The second-order valence-electron chi connectivity index (χ2n) is 5.76. The Morgan fingerprint density at radius 1 is 1.11 bits per heavy atom. The molecule has 148 valence electrons.